The Kier molecular flexibility index (Phi) is 12.8. The first-order valence-corrected chi connectivity index (χ1v) is 14.1. The minimum absolute atomic E-state index is 0.683. The summed E-state index contributed by atoms with van der Waals surface area (Å²) in [6.07, 6.45) is -35.0. The lowest BCUT2D eigenvalue weighted by molar-refractivity contribution is -0.380. The van der Waals surface area contributed by atoms with Crippen molar-refractivity contribution in [3.8, 4) is 0 Å². The van der Waals surface area contributed by atoms with Crippen molar-refractivity contribution in [2.75, 3.05) is 26.4 Å². The zero-order valence-electron chi connectivity index (χ0n) is 23.5. The molecule has 4 saturated heterocycles. The molecule has 0 unspecified atom stereocenters. The predicted molar refractivity (Wildman–Crippen MR) is 134 cm³/mol. The van der Waals surface area contributed by atoms with Crippen LogP contribution in [0.3, 0.4) is 0 Å². The highest BCUT2D eigenvalue weighted by Crippen LogP contribution is 2.32. The van der Waals surface area contributed by atoms with Crippen molar-refractivity contribution < 1.29 is 105 Å². The van der Waals surface area contributed by atoms with Gasteiger partial charge in [-0.15, -0.1) is 0 Å². The van der Waals surface area contributed by atoms with Crippen LogP contribution in [0.25, 0.3) is 0 Å². The van der Waals surface area contributed by atoms with Gasteiger partial charge in [-0.25, -0.2) is 0 Å². The van der Waals surface area contributed by atoms with Gasteiger partial charge in [0.05, 0.1) is 26.4 Å². The minimum atomic E-state index is -2.00. The third kappa shape index (κ3) is 7.59. The maximum atomic E-state index is 10.9. The molecule has 20 atom stereocenters. The Balaban J connectivity index is 1.41. The van der Waals surface area contributed by atoms with Crippen LogP contribution in [0, 0.1) is 0 Å². The Morgan fingerprint density at radius 2 is 0.778 bits per heavy atom. The summed E-state index contributed by atoms with van der Waals surface area (Å²) in [4.78, 5) is 0. The van der Waals surface area contributed by atoms with Crippen molar-refractivity contribution >= 4 is 0 Å². The molecule has 21 heteroatoms. The van der Waals surface area contributed by atoms with Crippen molar-refractivity contribution in [2.45, 2.75) is 123 Å². The fourth-order valence-corrected chi connectivity index (χ4v) is 5.44. The smallest absolute Gasteiger partial charge is 0.187 e. The first-order valence-electron chi connectivity index (χ1n) is 14.1. The number of hydrogen-bond acceptors (Lipinski definition) is 21. The second kappa shape index (κ2) is 15.6. The van der Waals surface area contributed by atoms with Crippen molar-refractivity contribution in [3.05, 3.63) is 0 Å². The molecular formula is C24H42O21. The summed E-state index contributed by atoms with van der Waals surface area (Å²) in [5.74, 6) is 0. The van der Waals surface area contributed by atoms with Gasteiger partial charge in [0.2, 0.25) is 0 Å². The molecular weight excluding hydrogens is 624 g/mol. The number of ether oxygens (including phenoxy) is 7. The lowest BCUT2D eigenvalue weighted by Gasteiger charge is -2.48. The maximum Gasteiger partial charge on any atom is 0.187 e. The first kappa shape index (κ1) is 37.0. The molecule has 4 fully saturated rings. The van der Waals surface area contributed by atoms with Crippen LogP contribution >= 0.6 is 0 Å². The summed E-state index contributed by atoms with van der Waals surface area (Å²) in [6, 6.07) is 0. The molecule has 0 bridgehead atoms. The quantitative estimate of drug-likeness (QED) is 0.103. The molecule has 45 heavy (non-hydrogen) atoms. The van der Waals surface area contributed by atoms with Crippen molar-refractivity contribution in [2.24, 2.45) is 0 Å². The Morgan fingerprint density at radius 1 is 0.378 bits per heavy atom. The van der Waals surface area contributed by atoms with Gasteiger partial charge in [-0.1, -0.05) is 0 Å². The van der Waals surface area contributed by atoms with Crippen molar-refractivity contribution in [3.63, 3.8) is 0 Å². The number of aliphatic hydroxyl groups is 14. The van der Waals surface area contributed by atoms with E-state index >= 15 is 0 Å². The van der Waals surface area contributed by atoms with E-state index in [1.165, 1.54) is 0 Å². The van der Waals surface area contributed by atoms with Gasteiger partial charge in [-0.2, -0.15) is 0 Å². The Labute approximate surface area is 254 Å². The van der Waals surface area contributed by atoms with Gasteiger partial charge < -0.3 is 105 Å². The van der Waals surface area contributed by atoms with E-state index in [1.54, 1.807) is 0 Å². The summed E-state index contributed by atoms with van der Waals surface area (Å²) >= 11 is 0. The monoisotopic (exact) mass is 666 g/mol. The summed E-state index contributed by atoms with van der Waals surface area (Å²) in [5, 5.41) is 142. The van der Waals surface area contributed by atoms with Crippen molar-refractivity contribution in [1.82, 2.24) is 0 Å². The second-order valence-electron chi connectivity index (χ2n) is 11.2. The normalized spacial score (nSPS) is 52.9. The molecule has 0 amide bonds. The topological polar surface area (TPSA) is 348 Å². The molecule has 21 nitrogen and oxygen atoms in total. The van der Waals surface area contributed by atoms with E-state index in [9.17, 15) is 71.5 Å². The molecule has 0 aliphatic carbocycles. The maximum absolute atomic E-state index is 10.9. The van der Waals surface area contributed by atoms with E-state index in [1.807, 2.05) is 0 Å². The fraction of sp³-hybridized carbons (Fsp3) is 1.00. The standard InChI is InChI=1S/C24H42O21/c25-1-5-9(28)11(30)16(35)22(41-5)39-4-8-10(29)12(31)17(36)23(43-8)45-20-7(3-27)42-24(18(37)14(20)33)44-19-6(2-26)40-21(38)15(34)13(19)32/h5-38H,1-4H2/t5-,6-,7-,8-,9-,10-,11+,12+,13-,14-,15-,16-,17-,18-,19-,20-,21-,22+,23-,24-/m1/s1. The first-order chi connectivity index (χ1) is 21.2. The van der Waals surface area contributed by atoms with Crippen LogP contribution in [-0.2, 0) is 33.2 Å². The third-order valence-corrected chi connectivity index (χ3v) is 8.18. The Bertz CT molecular complexity index is 912. The molecule has 0 aromatic carbocycles. The van der Waals surface area contributed by atoms with Crippen LogP contribution < -0.4 is 0 Å². The molecule has 4 rings (SSSR count). The van der Waals surface area contributed by atoms with E-state index in [2.05, 4.69) is 0 Å². The van der Waals surface area contributed by atoms with Crippen molar-refractivity contribution in [1.29, 1.82) is 0 Å². The van der Waals surface area contributed by atoms with Gasteiger partial charge in [0.15, 0.2) is 25.2 Å². The molecule has 4 aliphatic rings. The van der Waals surface area contributed by atoms with Crippen LogP contribution in [0.2, 0.25) is 0 Å². The Hall–Kier alpha value is -0.840. The van der Waals surface area contributed by atoms with E-state index in [-0.39, 0.29) is 0 Å². The van der Waals surface area contributed by atoms with Crippen LogP contribution in [0.1, 0.15) is 0 Å². The lowest BCUT2D eigenvalue weighted by atomic mass is 9.96. The zero-order chi connectivity index (χ0) is 33.3. The highest BCUT2D eigenvalue weighted by Gasteiger charge is 2.53. The van der Waals surface area contributed by atoms with E-state index in [0.717, 1.165) is 0 Å². The summed E-state index contributed by atoms with van der Waals surface area (Å²) < 4.78 is 37.5. The molecule has 4 aliphatic heterocycles. The summed E-state index contributed by atoms with van der Waals surface area (Å²) in [6.45, 7) is -3.14. The molecule has 0 radical (unpaired) electrons. The highest BCUT2D eigenvalue weighted by molar-refractivity contribution is 4.96. The van der Waals surface area contributed by atoms with Gasteiger partial charge >= 0.3 is 0 Å². The minimum Gasteiger partial charge on any atom is -0.394 e. The van der Waals surface area contributed by atoms with Crippen LogP contribution in [0.4, 0.5) is 0 Å². The Morgan fingerprint density at radius 3 is 1.31 bits per heavy atom. The fourth-order valence-electron chi connectivity index (χ4n) is 5.44. The van der Waals surface area contributed by atoms with Crippen LogP contribution in [-0.4, -0.2) is 221 Å². The molecule has 264 valence electrons. The van der Waals surface area contributed by atoms with E-state index in [4.69, 9.17) is 33.2 Å². The van der Waals surface area contributed by atoms with Crippen LogP contribution in [0.15, 0.2) is 0 Å². The highest BCUT2D eigenvalue weighted by atomic mass is 16.8. The molecule has 0 saturated carbocycles. The van der Waals surface area contributed by atoms with Gasteiger partial charge in [-0.3, -0.25) is 0 Å². The average molecular weight is 667 g/mol. The van der Waals surface area contributed by atoms with E-state index in [0.29, 0.717) is 0 Å². The molecule has 4 heterocycles. The van der Waals surface area contributed by atoms with Gasteiger partial charge in [0.1, 0.15) is 97.7 Å². The predicted octanol–water partition coefficient (Wildman–Crippen LogP) is -9.75. The third-order valence-electron chi connectivity index (χ3n) is 8.18. The number of aliphatic hydroxyl groups excluding tert-OH is 14. The SMILES string of the molecule is OC[C@H]1O[C@H](OC[C@H]2O[C@H](O[C@H]3[C@H](O)[C@@H](O)[C@@H](O[C@H]4[C@H](O)[C@@H](O)[C@H](O)O[C@@H]4CO)O[C@@H]3CO)[C@H](O)[C@@H](O)[C@@H]2O)[C@H](O)[C@@H](O)[C@@H]1O. The molecule has 0 spiro atoms. The number of rotatable bonds is 10. The lowest BCUT2D eigenvalue weighted by Crippen LogP contribution is -2.66. The number of hydrogen-bond donors (Lipinski definition) is 14. The van der Waals surface area contributed by atoms with Gasteiger partial charge in [0, 0.05) is 0 Å². The van der Waals surface area contributed by atoms with Gasteiger partial charge in [-0.05, 0) is 0 Å². The zero-order valence-corrected chi connectivity index (χ0v) is 23.5. The second-order valence-corrected chi connectivity index (χ2v) is 11.2. The summed E-state index contributed by atoms with van der Waals surface area (Å²) in [5.41, 5.74) is 0. The average Bonchev–Trinajstić information content (AvgIpc) is 3.03. The van der Waals surface area contributed by atoms with Gasteiger partial charge in [0.25, 0.3) is 0 Å². The molecule has 0 aromatic heterocycles. The van der Waals surface area contributed by atoms with E-state index < -0.39 is 149 Å². The summed E-state index contributed by atoms with van der Waals surface area (Å²) in [7, 11) is 0. The largest absolute Gasteiger partial charge is 0.394 e. The molecule has 14 N–H and O–H groups in total. The van der Waals surface area contributed by atoms with Crippen LogP contribution in [0.5, 0.6) is 0 Å². The molecule has 0 aromatic rings.